The molecule has 2 aromatic rings. The van der Waals surface area contributed by atoms with Crippen molar-refractivity contribution in [1.29, 1.82) is 0 Å². The highest BCUT2D eigenvalue weighted by Crippen LogP contribution is 2.09. The van der Waals surface area contributed by atoms with Gasteiger partial charge in [-0.05, 0) is 38.2 Å². The summed E-state index contributed by atoms with van der Waals surface area (Å²) in [7, 11) is 0. The highest BCUT2D eigenvalue weighted by molar-refractivity contribution is 5.91. The Kier molecular flexibility index (Phi) is 6.37. The Morgan fingerprint density at radius 1 is 1.25 bits per heavy atom. The average molecular weight is 331 g/mol. The maximum absolute atomic E-state index is 12.2. The van der Waals surface area contributed by atoms with Gasteiger partial charge in [0.25, 0.3) is 11.5 Å². The van der Waals surface area contributed by atoms with Crippen molar-refractivity contribution in [1.82, 2.24) is 14.8 Å². The number of nitrogens with one attached hydrogen (secondary N) is 1. The normalized spacial score (nSPS) is 12.3. The minimum absolute atomic E-state index is 0.104. The molecule has 0 bridgehead atoms. The molecule has 130 valence electrons. The van der Waals surface area contributed by atoms with Crippen molar-refractivity contribution in [2.24, 2.45) is 0 Å². The van der Waals surface area contributed by atoms with E-state index in [9.17, 15) is 9.59 Å². The molecule has 2 rings (SSSR count). The smallest absolute Gasteiger partial charge is 0.287 e. The molecular formula is C18H25N3O3. The summed E-state index contributed by atoms with van der Waals surface area (Å²) in [4.78, 5) is 26.2. The van der Waals surface area contributed by atoms with Gasteiger partial charge in [-0.1, -0.05) is 19.9 Å². The van der Waals surface area contributed by atoms with Gasteiger partial charge in [-0.2, -0.15) is 0 Å². The predicted octanol–water partition coefficient (Wildman–Crippen LogP) is 1.95. The summed E-state index contributed by atoms with van der Waals surface area (Å²) >= 11 is 0. The summed E-state index contributed by atoms with van der Waals surface area (Å²) in [5.41, 5.74) is -0.104. The molecule has 0 saturated carbocycles. The second-order valence-corrected chi connectivity index (χ2v) is 5.71. The van der Waals surface area contributed by atoms with Crippen molar-refractivity contribution in [2.45, 2.75) is 33.4 Å². The van der Waals surface area contributed by atoms with Gasteiger partial charge >= 0.3 is 0 Å². The molecule has 2 heterocycles. The van der Waals surface area contributed by atoms with E-state index in [1.54, 1.807) is 30.5 Å². The first-order valence-corrected chi connectivity index (χ1v) is 8.31. The number of rotatable bonds is 8. The molecule has 6 heteroatoms. The summed E-state index contributed by atoms with van der Waals surface area (Å²) in [6, 6.07) is 8.60. The van der Waals surface area contributed by atoms with E-state index in [0.717, 1.165) is 13.1 Å². The minimum atomic E-state index is -0.235. The first-order valence-electron chi connectivity index (χ1n) is 8.31. The van der Waals surface area contributed by atoms with Crippen molar-refractivity contribution < 1.29 is 9.21 Å². The third kappa shape index (κ3) is 4.58. The Bertz CT molecular complexity index is 716. The van der Waals surface area contributed by atoms with E-state index in [-0.39, 0.29) is 23.3 Å². The molecule has 6 nitrogen and oxygen atoms in total. The molecule has 0 fully saturated rings. The van der Waals surface area contributed by atoms with Crippen LogP contribution in [0.25, 0.3) is 0 Å². The largest absolute Gasteiger partial charge is 0.454 e. The summed E-state index contributed by atoms with van der Waals surface area (Å²) in [6.07, 6.45) is 1.69. The van der Waals surface area contributed by atoms with E-state index in [1.165, 1.54) is 10.6 Å². The average Bonchev–Trinajstić information content (AvgIpc) is 3.04. The second kappa shape index (κ2) is 8.49. The summed E-state index contributed by atoms with van der Waals surface area (Å²) in [5, 5.41) is 2.89. The van der Waals surface area contributed by atoms with Crippen LogP contribution in [0, 0.1) is 0 Å². The molecule has 0 spiro atoms. The van der Waals surface area contributed by atoms with Crippen molar-refractivity contribution in [3.63, 3.8) is 0 Å². The first-order chi connectivity index (χ1) is 11.5. The highest BCUT2D eigenvalue weighted by Gasteiger charge is 2.15. The number of nitrogens with zero attached hydrogens (tertiary/aromatic N) is 2. The molecule has 0 aliphatic carbocycles. The van der Waals surface area contributed by atoms with Gasteiger partial charge in [0.15, 0.2) is 5.76 Å². The van der Waals surface area contributed by atoms with Crippen LogP contribution >= 0.6 is 0 Å². The zero-order valence-corrected chi connectivity index (χ0v) is 14.5. The molecule has 0 aliphatic rings. The van der Waals surface area contributed by atoms with Crippen molar-refractivity contribution in [3.8, 4) is 0 Å². The van der Waals surface area contributed by atoms with Gasteiger partial charge < -0.3 is 14.3 Å². The molecule has 0 aromatic carbocycles. The maximum atomic E-state index is 12.2. The molecule has 0 radical (unpaired) electrons. The Morgan fingerprint density at radius 3 is 2.67 bits per heavy atom. The number of hydrogen-bond acceptors (Lipinski definition) is 4. The Labute approximate surface area is 142 Å². The van der Waals surface area contributed by atoms with Gasteiger partial charge in [0.2, 0.25) is 0 Å². The number of aromatic nitrogens is 1. The molecule has 24 heavy (non-hydrogen) atoms. The summed E-state index contributed by atoms with van der Waals surface area (Å²) < 4.78 is 7.10. The van der Waals surface area contributed by atoms with Crippen LogP contribution in [-0.2, 0) is 6.54 Å². The number of furan rings is 1. The van der Waals surface area contributed by atoms with Crippen LogP contribution in [0.3, 0.4) is 0 Å². The lowest BCUT2D eigenvalue weighted by Gasteiger charge is -2.26. The predicted molar refractivity (Wildman–Crippen MR) is 93.2 cm³/mol. The van der Waals surface area contributed by atoms with E-state index in [2.05, 4.69) is 31.0 Å². The standard InChI is InChI=1S/C18H25N3O3/c1-4-20(5-2)14(3)12-19-18(23)16-10-9-15(24-16)13-21-11-7-6-8-17(21)22/h6-11,14H,4-5,12-13H2,1-3H3,(H,19,23). The number of pyridine rings is 1. The van der Waals surface area contributed by atoms with Crippen molar-refractivity contribution in [3.05, 3.63) is 58.4 Å². The highest BCUT2D eigenvalue weighted by atomic mass is 16.4. The van der Waals surface area contributed by atoms with Gasteiger partial charge in [0, 0.05) is 24.8 Å². The van der Waals surface area contributed by atoms with Crippen LogP contribution in [0.1, 0.15) is 37.1 Å². The number of likely N-dealkylation sites (N-methyl/N-ethyl adjacent to an activating group) is 1. The molecule has 1 unspecified atom stereocenters. The number of carbonyl (C=O) groups is 1. The van der Waals surface area contributed by atoms with Gasteiger partial charge in [-0.15, -0.1) is 0 Å². The van der Waals surface area contributed by atoms with E-state index >= 15 is 0 Å². The van der Waals surface area contributed by atoms with Crippen LogP contribution < -0.4 is 10.9 Å². The lowest BCUT2D eigenvalue weighted by atomic mass is 10.2. The van der Waals surface area contributed by atoms with Gasteiger partial charge in [0.05, 0.1) is 6.54 Å². The molecule has 0 aliphatic heterocycles. The quantitative estimate of drug-likeness (QED) is 0.803. The summed E-state index contributed by atoms with van der Waals surface area (Å²) in [5.74, 6) is 0.603. The lowest BCUT2D eigenvalue weighted by molar-refractivity contribution is 0.0908. The zero-order chi connectivity index (χ0) is 17.5. The van der Waals surface area contributed by atoms with E-state index in [4.69, 9.17) is 4.42 Å². The Morgan fingerprint density at radius 2 is 2.00 bits per heavy atom. The fourth-order valence-electron chi connectivity index (χ4n) is 2.65. The molecule has 1 amide bonds. The van der Waals surface area contributed by atoms with Crippen LogP contribution in [0.5, 0.6) is 0 Å². The first kappa shape index (κ1) is 18.0. The van der Waals surface area contributed by atoms with Gasteiger partial charge in [-0.3, -0.25) is 14.5 Å². The molecule has 2 aromatic heterocycles. The number of carbonyl (C=O) groups excluding carboxylic acids is 1. The number of amides is 1. The second-order valence-electron chi connectivity index (χ2n) is 5.71. The van der Waals surface area contributed by atoms with Crippen LogP contribution in [0.4, 0.5) is 0 Å². The van der Waals surface area contributed by atoms with E-state index in [1.807, 2.05) is 0 Å². The van der Waals surface area contributed by atoms with E-state index in [0.29, 0.717) is 18.8 Å². The van der Waals surface area contributed by atoms with Crippen LogP contribution in [0.2, 0.25) is 0 Å². The van der Waals surface area contributed by atoms with Crippen LogP contribution in [0.15, 0.2) is 45.7 Å². The Balaban J connectivity index is 1.94. The lowest BCUT2D eigenvalue weighted by Crippen LogP contribution is -2.41. The topological polar surface area (TPSA) is 67.5 Å². The number of hydrogen-bond donors (Lipinski definition) is 1. The Hall–Kier alpha value is -2.34. The molecule has 0 saturated heterocycles. The fraction of sp³-hybridized carbons (Fsp3) is 0.444. The van der Waals surface area contributed by atoms with Crippen molar-refractivity contribution in [2.75, 3.05) is 19.6 Å². The molecule has 1 N–H and O–H groups in total. The zero-order valence-electron chi connectivity index (χ0n) is 14.5. The van der Waals surface area contributed by atoms with Crippen molar-refractivity contribution >= 4 is 5.91 Å². The SMILES string of the molecule is CCN(CC)C(C)CNC(=O)c1ccc(Cn2ccccc2=O)o1. The van der Waals surface area contributed by atoms with Gasteiger partial charge in [-0.25, -0.2) is 0 Å². The molecular weight excluding hydrogens is 306 g/mol. The van der Waals surface area contributed by atoms with Crippen LogP contribution in [-0.4, -0.2) is 41.1 Å². The monoisotopic (exact) mass is 331 g/mol. The minimum Gasteiger partial charge on any atom is -0.454 e. The fourth-order valence-corrected chi connectivity index (χ4v) is 2.65. The third-order valence-corrected chi connectivity index (χ3v) is 4.10. The maximum Gasteiger partial charge on any atom is 0.287 e. The third-order valence-electron chi connectivity index (χ3n) is 4.10. The molecule has 1 atom stereocenters. The van der Waals surface area contributed by atoms with E-state index < -0.39 is 0 Å². The summed E-state index contributed by atoms with van der Waals surface area (Å²) in [6.45, 7) is 9.06. The van der Waals surface area contributed by atoms with Gasteiger partial charge in [0.1, 0.15) is 5.76 Å².